The van der Waals surface area contributed by atoms with E-state index < -0.39 is 41.8 Å². The summed E-state index contributed by atoms with van der Waals surface area (Å²) in [4.78, 5) is 12.7. The van der Waals surface area contributed by atoms with Crippen molar-refractivity contribution in [1.82, 2.24) is 0 Å². The van der Waals surface area contributed by atoms with E-state index >= 15 is 0 Å². The molecule has 10 nitrogen and oxygen atoms in total. The molecular weight excluding hydrogens is 412 g/mol. The van der Waals surface area contributed by atoms with Gasteiger partial charge in [-0.1, -0.05) is 0 Å². The first kappa shape index (κ1) is 20.9. The zero-order chi connectivity index (χ0) is 22.3. The lowest BCUT2D eigenvalue weighted by atomic mass is 10.1. The molecule has 164 valence electrons. The molecule has 1 aliphatic heterocycles. The molecule has 0 fully saturated rings. The SMILES string of the molecule is O=c1cc(-c2ccc(O)c(O)c2)oc2cc3c(c(O)c12)COC(CO)C(O)C(O)CO3. The predicted molar refractivity (Wildman–Crippen MR) is 106 cm³/mol. The van der Waals surface area contributed by atoms with Crippen LogP contribution >= 0.6 is 0 Å². The van der Waals surface area contributed by atoms with Crippen LogP contribution in [0.25, 0.3) is 22.3 Å². The molecular formula is C21H20O10. The maximum Gasteiger partial charge on any atom is 0.197 e. The Labute approximate surface area is 174 Å². The van der Waals surface area contributed by atoms with Crippen LogP contribution in [0.1, 0.15) is 5.56 Å². The van der Waals surface area contributed by atoms with E-state index in [-0.39, 0.29) is 47.0 Å². The summed E-state index contributed by atoms with van der Waals surface area (Å²) in [5, 5.41) is 59.3. The molecule has 1 aromatic heterocycles. The van der Waals surface area contributed by atoms with Gasteiger partial charge in [-0.15, -0.1) is 0 Å². The molecule has 4 rings (SSSR count). The predicted octanol–water partition coefficient (Wildman–Crippen LogP) is 0.568. The van der Waals surface area contributed by atoms with Crippen molar-refractivity contribution in [2.24, 2.45) is 0 Å². The van der Waals surface area contributed by atoms with Gasteiger partial charge in [0.05, 0.1) is 18.8 Å². The standard InChI is InChI=1S/C21H20O10/c22-6-18-21(28)14(26)8-30-16-5-17-19(20(27)10(16)7-29-18)13(25)4-15(31-17)9-1-2-11(23)12(24)3-9/h1-5,14,18,21-24,26-28H,6-8H2. The third-order valence-corrected chi connectivity index (χ3v) is 5.12. The summed E-state index contributed by atoms with van der Waals surface area (Å²) in [7, 11) is 0. The minimum Gasteiger partial charge on any atom is -0.507 e. The molecule has 6 N–H and O–H groups in total. The summed E-state index contributed by atoms with van der Waals surface area (Å²) in [6, 6.07) is 6.36. The molecule has 10 heteroatoms. The Morgan fingerprint density at radius 3 is 2.52 bits per heavy atom. The molecule has 31 heavy (non-hydrogen) atoms. The molecule has 0 aliphatic carbocycles. The van der Waals surface area contributed by atoms with Crippen LogP contribution in [-0.2, 0) is 11.3 Å². The van der Waals surface area contributed by atoms with E-state index in [2.05, 4.69) is 0 Å². The van der Waals surface area contributed by atoms with E-state index in [1.807, 2.05) is 0 Å². The highest BCUT2D eigenvalue weighted by Gasteiger charge is 2.31. The second kappa shape index (κ2) is 8.08. The minimum absolute atomic E-state index is 0.0284. The summed E-state index contributed by atoms with van der Waals surface area (Å²) >= 11 is 0. The van der Waals surface area contributed by atoms with E-state index in [0.29, 0.717) is 5.56 Å². The minimum atomic E-state index is -1.43. The first-order chi connectivity index (χ1) is 14.8. The molecule has 0 radical (unpaired) electrons. The van der Waals surface area contributed by atoms with Crippen molar-refractivity contribution in [3.8, 4) is 34.3 Å². The van der Waals surface area contributed by atoms with Crippen molar-refractivity contribution in [1.29, 1.82) is 0 Å². The Morgan fingerprint density at radius 1 is 1.03 bits per heavy atom. The van der Waals surface area contributed by atoms with Crippen LogP contribution in [0.2, 0.25) is 0 Å². The molecule has 3 unspecified atom stereocenters. The molecule has 0 bridgehead atoms. The van der Waals surface area contributed by atoms with Gasteiger partial charge in [-0.3, -0.25) is 4.79 Å². The van der Waals surface area contributed by atoms with Gasteiger partial charge in [0.1, 0.15) is 53.1 Å². The van der Waals surface area contributed by atoms with Crippen molar-refractivity contribution < 1.29 is 44.5 Å². The highest BCUT2D eigenvalue weighted by molar-refractivity contribution is 5.88. The Kier molecular flexibility index (Phi) is 5.46. The summed E-state index contributed by atoms with van der Waals surface area (Å²) in [5.74, 6) is -1.06. The number of aliphatic hydroxyl groups excluding tert-OH is 3. The van der Waals surface area contributed by atoms with E-state index in [1.165, 1.54) is 24.3 Å². The molecule has 0 saturated heterocycles. The fourth-order valence-corrected chi connectivity index (χ4v) is 3.38. The Morgan fingerprint density at radius 2 is 1.81 bits per heavy atom. The van der Waals surface area contributed by atoms with Gasteiger partial charge in [-0.2, -0.15) is 0 Å². The molecule has 2 aromatic carbocycles. The van der Waals surface area contributed by atoms with Gasteiger partial charge in [-0.05, 0) is 18.2 Å². The number of fused-ring (bicyclic) bond motifs is 2. The molecule has 1 aliphatic rings. The van der Waals surface area contributed by atoms with E-state index in [0.717, 1.165) is 6.07 Å². The largest absolute Gasteiger partial charge is 0.507 e. The fourth-order valence-electron chi connectivity index (χ4n) is 3.38. The molecule has 3 atom stereocenters. The third-order valence-electron chi connectivity index (χ3n) is 5.12. The fraction of sp³-hybridized carbons (Fsp3) is 0.286. The van der Waals surface area contributed by atoms with Gasteiger partial charge < -0.3 is 44.5 Å². The average Bonchev–Trinajstić information content (AvgIpc) is 2.79. The van der Waals surface area contributed by atoms with Crippen LogP contribution in [0.4, 0.5) is 0 Å². The Hall–Kier alpha value is -3.31. The van der Waals surface area contributed by atoms with Gasteiger partial charge in [0.25, 0.3) is 0 Å². The normalized spacial score (nSPS) is 21.6. The highest BCUT2D eigenvalue weighted by Crippen LogP contribution is 2.38. The van der Waals surface area contributed by atoms with Crippen molar-refractivity contribution in [2.75, 3.05) is 13.2 Å². The average molecular weight is 432 g/mol. The molecule has 0 saturated carbocycles. The number of aliphatic hydroxyl groups is 3. The number of hydrogen-bond donors (Lipinski definition) is 6. The molecule has 0 amide bonds. The second-order valence-corrected chi connectivity index (χ2v) is 7.15. The van der Waals surface area contributed by atoms with Crippen molar-refractivity contribution in [3.05, 3.63) is 46.1 Å². The van der Waals surface area contributed by atoms with Crippen molar-refractivity contribution in [2.45, 2.75) is 24.9 Å². The number of benzene rings is 2. The quantitative estimate of drug-likeness (QED) is 0.315. The van der Waals surface area contributed by atoms with Gasteiger partial charge in [-0.25, -0.2) is 0 Å². The van der Waals surface area contributed by atoms with Gasteiger partial charge in [0.15, 0.2) is 16.9 Å². The maximum absolute atomic E-state index is 12.7. The molecule has 2 heterocycles. The first-order valence-electron chi connectivity index (χ1n) is 9.36. The summed E-state index contributed by atoms with van der Waals surface area (Å²) < 4.78 is 16.7. The Bertz CT molecular complexity index is 1180. The topological polar surface area (TPSA) is 170 Å². The smallest absolute Gasteiger partial charge is 0.197 e. The number of aromatic hydroxyl groups is 3. The third kappa shape index (κ3) is 3.77. The van der Waals surface area contributed by atoms with Gasteiger partial charge in [0, 0.05) is 17.7 Å². The lowest BCUT2D eigenvalue weighted by Gasteiger charge is -2.23. The summed E-state index contributed by atoms with van der Waals surface area (Å²) in [6.45, 7) is -1.25. The highest BCUT2D eigenvalue weighted by atomic mass is 16.5. The van der Waals surface area contributed by atoms with Crippen LogP contribution in [0.15, 0.2) is 39.5 Å². The zero-order valence-corrected chi connectivity index (χ0v) is 16.1. The number of ether oxygens (including phenoxy) is 2. The lowest BCUT2D eigenvalue weighted by molar-refractivity contribution is -0.115. The van der Waals surface area contributed by atoms with Crippen molar-refractivity contribution in [3.63, 3.8) is 0 Å². The van der Waals surface area contributed by atoms with Crippen LogP contribution in [0.3, 0.4) is 0 Å². The number of hydrogen-bond acceptors (Lipinski definition) is 10. The number of rotatable bonds is 2. The van der Waals surface area contributed by atoms with Crippen LogP contribution in [-0.4, -0.2) is 62.2 Å². The van der Waals surface area contributed by atoms with E-state index in [9.17, 15) is 35.4 Å². The lowest BCUT2D eigenvalue weighted by Crippen LogP contribution is -2.43. The van der Waals surface area contributed by atoms with E-state index in [1.54, 1.807) is 0 Å². The van der Waals surface area contributed by atoms with Crippen LogP contribution in [0.5, 0.6) is 23.0 Å². The van der Waals surface area contributed by atoms with Crippen LogP contribution in [0, 0.1) is 0 Å². The molecule has 3 aromatic rings. The molecule has 0 spiro atoms. The van der Waals surface area contributed by atoms with Gasteiger partial charge in [0.2, 0.25) is 0 Å². The first-order valence-corrected chi connectivity index (χ1v) is 9.36. The summed E-state index contributed by atoms with van der Waals surface area (Å²) in [6.07, 6.45) is -3.93. The number of phenolic OH excluding ortho intramolecular Hbond substituents is 3. The van der Waals surface area contributed by atoms with E-state index in [4.69, 9.17) is 13.9 Å². The van der Waals surface area contributed by atoms with Crippen LogP contribution < -0.4 is 10.2 Å². The number of phenols is 3. The maximum atomic E-state index is 12.7. The van der Waals surface area contributed by atoms with Gasteiger partial charge >= 0.3 is 0 Å². The Balaban J connectivity index is 1.85. The van der Waals surface area contributed by atoms with Crippen molar-refractivity contribution >= 4 is 11.0 Å². The second-order valence-electron chi connectivity index (χ2n) is 7.15. The zero-order valence-electron chi connectivity index (χ0n) is 16.1. The monoisotopic (exact) mass is 432 g/mol. The summed E-state index contributed by atoms with van der Waals surface area (Å²) in [5.41, 5.74) is -0.206.